The van der Waals surface area contributed by atoms with Gasteiger partial charge >= 0.3 is 0 Å². The number of nitrogens with zero attached hydrogens (tertiary/aromatic N) is 2. The highest BCUT2D eigenvalue weighted by Gasteiger charge is 2.41. The van der Waals surface area contributed by atoms with Gasteiger partial charge in [0.1, 0.15) is 11.9 Å². The highest BCUT2D eigenvalue weighted by Crippen LogP contribution is 2.38. The molecule has 1 N–H and O–H groups in total. The van der Waals surface area contributed by atoms with Crippen LogP contribution in [0, 0.1) is 29.0 Å². The number of fused-ring (bicyclic) bond motifs is 1. The van der Waals surface area contributed by atoms with Crippen LogP contribution >= 0.6 is 0 Å². The van der Waals surface area contributed by atoms with Crippen molar-refractivity contribution >= 4 is 0 Å². The third-order valence-corrected chi connectivity index (χ3v) is 4.49. The highest BCUT2D eigenvalue weighted by atomic mass is 19.1. The Morgan fingerprint density at radius 2 is 2.21 bits per heavy atom. The summed E-state index contributed by atoms with van der Waals surface area (Å²) in [6.45, 7) is 2.29. The van der Waals surface area contributed by atoms with E-state index in [1.807, 2.05) is 6.07 Å². The lowest BCUT2D eigenvalue weighted by Gasteiger charge is -2.18. The normalized spacial score (nSPS) is 30.3. The predicted octanol–water partition coefficient (Wildman–Crippen LogP) is 1.90. The van der Waals surface area contributed by atoms with E-state index in [-0.39, 0.29) is 11.7 Å². The van der Waals surface area contributed by atoms with Gasteiger partial charge < -0.3 is 5.11 Å². The summed E-state index contributed by atoms with van der Waals surface area (Å²) in [5, 5.41) is 18.7. The van der Waals surface area contributed by atoms with Crippen LogP contribution < -0.4 is 0 Å². The maximum absolute atomic E-state index is 14.0. The number of rotatable bonds is 2. The lowest BCUT2D eigenvalue weighted by atomic mass is 10.00. The molecule has 0 bridgehead atoms. The van der Waals surface area contributed by atoms with Crippen molar-refractivity contribution in [3.05, 3.63) is 35.1 Å². The summed E-state index contributed by atoms with van der Waals surface area (Å²) in [5.74, 6) is 0.502. The first kappa shape index (κ1) is 12.6. The first-order chi connectivity index (χ1) is 9.19. The Bertz CT molecular complexity index is 525. The van der Waals surface area contributed by atoms with Crippen molar-refractivity contribution < 1.29 is 9.50 Å². The number of benzene rings is 1. The molecule has 0 radical (unpaired) electrons. The summed E-state index contributed by atoms with van der Waals surface area (Å²) < 4.78 is 14.0. The highest BCUT2D eigenvalue weighted by molar-refractivity contribution is 5.35. The standard InChI is InChI=1S/C15H17FN2O/c16-15-10(6-17)2-1-3-12(15)8-18-7-11-4-5-14(19)13(11)9-18/h1-3,11,13-14,19H,4-5,7-9H2. The molecule has 3 nitrogen and oxygen atoms in total. The molecule has 1 aromatic carbocycles. The average Bonchev–Trinajstić information content (AvgIpc) is 2.95. The summed E-state index contributed by atoms with van der Waals surface area (Å²) in [5.41, 5.74) is 0.686. The summed E-state index contributed by atoms with van der Waals surface area (Å²) in [7, 11) is 0. The van der Waals surface area contributed by atoms with Crippen LogP contribution in [0.15, 0.2) is 18.2 Å². The molecule has 2 fully saturated rings. The van der Waals surface area contributed by atoms with Crippen LogP contribution in [-0.4, -0.2) is 29.2 Å². The lowest BCUT2D eigenvalue weighted by molar-refractivity contribution is 0.123. The molecule has 3 atom stereocenters. The van der Waals surface area contributed by atoms with Crippen LogP contribution in [-0.2, 0) is 6.54 Å². The van der Waals surface area contributed by atoms with Crippen molar-refractivity contribution in [2.75, 3.05) is 13.1 Å². The zero-order chi connectivity index (χ0) is 13.4. The lowest BCUT2D eigenvalue weighted by Crippen LogP contribution is -2.25. The molecular weight excluding hydrogens is 243 g/mol. The van der Waals surface area contributed by atoms with Crippen LogP contribution in [0.5, 0.6) is 0 Å². The Kier molecular flexibility index (Phi) is 3.26. The van der Waals surface area contributed by atoms with Gasteiger partial charge in [0.25, 0.3) is 0 Å². The van der Waals surface area contributed by atoms with Crippen LogP contribution in [0.2, 0.25) is 0 Å². The van der Waals surface area contributed by atoms with Crippen LogP contribution in [0.3, 0.4) is 0 Å². The minimum Gasteiger partial charge on any atom is -0.393 e. The van der Waals surface area contributed by atoms with Gasteiger partial charge in [0, 0.05) is 31.1 Å². The number of hydrogen-bond acceptors (Lipinski definition) is 3. The third-order valence-electron chi connectivity index (χ3n) is 4.49. The molecule has 0 spiro atoms. The number of likely N-dealkylation sites (tertiary alicyclic amines) is 1. The molecule has 3 rings (SSSR count). The van der Waals surface area contributed by atoms with E-state index in [2.05, 4.69) is 4.90 Å². The van der Waals surface area contributed by atoms with E-state index in [4.69, 9.17) is 5.26 Å². The van der Waals surface area contributed by atoms with Crippen molar-refractivity contribution in [3.63, 3.8) is 0 Å². The largest absolute Gasteiger partial charge is 0.393 e. The van der Waals surface area contributed by atoms with Crippen molar-refractivity contribution in [1.29, 1.82) is 5.26 Å². The minimum atomic E-state index is -0.400. The van der Waals surface area contributed by atoms with E-state index < -0.39 is 5.82 Å². The van der Waals surface area contributed by atoms with E-state index in [9.17, 15) is 9.50 Å². The first-order valence-electron chi connectivity index (χ1n) is 6.77. The molecule has 0 amide bonds. The molecule has 1 aliphatic carbocycles. The van der Waals surface area contributed by atoms with E-state index in [0.29, 0.717) is 23.9 Å². The van der Waals surface area contributed by atoms with E-state index in [0.717, 1.165) is 25.9 Å². The van der Waals surface area contributed by atoms with Gasteiger partial charge in [-0.25, -0.2) is 4.39 Å². The van der Waals surface area contributed by atoms with Gasteiger partial charge in [-0.2, -0.15) is 5.26 Å². The van der Waals surface area contributed by atoms with Gasteiger partial charge in [0.15, 0.2) is 0 Å². The van der Waals surface area contributed by atoms with Gasteiger partial charge in [0.2, 0.25) is 0 Å². The molecule has 0 aromatic heterocycles. The Morgan fingerprint density at radius 3 is 2.95 bits per heavy atom. The summed E-state index contributed by atoms with van der Waals surface area (Å²) in [6.07, 6.45) is 1.79. The molecule has 1 aromatic rings. The number of halogens is 1. The Morgan fingerprint density at radius 1 is 1.37 bits per heavy atom. The molecular formula is C15H17FN2O. The third kappa shape index (κ3) is 2.24. The summed E-state index contributed by atoms with van der Waals surface area (Å²) in [4.78, 5) is 2.19. The number of aliphatic hydroxyl groups excluding tert-OH is 1. The van der Waals surface area contributed by atoms with Gasteiger partial charge in [-0.05, 0) is 24.8 Å². The zero-order valence-electron chi connectivity index (χ0n) is 10.7. The second kappa shape index (κ2) is 4.92. The van der Waals surface area contributed by atoms with Gasteiger partial charge in [0.05, 0.1) is 11.7 Å². The van der Waals surface area contributed by atoms with Crippen molar-refractivity contribution in [3.8, 4) is 6.07 Å². The van der Waals surface area contributed by atoms with E-state index in [1.54, 1.807) is 12.1 Å². The molecule has 3 unspecified atom stereocenters. The molecule has 19 heavy (non-hydrogen) atoms. The second-order valence-corrected chi connectivity index (χ2v) is 5.65. The Labute approximate surface area is 112 Å². The molecule has 100 valence electrons. The molecule has 1 saturated heterocycles. The summed E-state index contributed by atoms with van der Waals surface area (Å²) in [6, 6.07) is 6.84. The van der Waals surface area contributed by atoms with Crippen LogP contribution in [0.25, 0.3) is 0 Å². The maximum atomic E-state index is 14.0. The molecule has 1 heterocycles. The zero-order valence-corrected chi connectivity index (χ0v) is 10.7. The number of hydrogen-bond donors (Lipinski definition) is 1. The van der Waals surface area contributed by atoms with Gasteiger partial charge in [-0.1, -0.05) is 12.1 Å². The van der Waals surface area contributed by atoms with E-state index in [1.165, 1.54) is 6.07 Å². The fraction of sp³-hybridized carbons (Fsp3) is 0.533. The van der Waals surface area contributed by atoms with Crippen molar-refractivity contribution in [2.45, 2.75) is 25.5 Å². The smallest absolute Gasteiger partial charge is 0.145 e. The van der Waals surface area contributed by atoms with Gasteiger partial charge in [-0.15, -0.1) is 0 Å². The van der Waals surface area contributed by atoms with E-state index >= 15 is 0 Å². The Hall–Kier alpha value is -1.44. The maximum Gasteiger partial charge on any atom is 0.145 e. The van der Waals surface area contributed by atoms with Crippen LogP contribution in [0.1, 0.15) is 24.0 Å². The van der Waals surface area contributed by atoms with Crippen LogP contribution in [0.4, 0.5) is 4.39 Å². The monoisotopic (exact) mass is 260 g/mol. The van der Waals surface area contributed by atoms with Crippen molar-refractivity contribution in [2.24, 2.45) is 11.8 Å². The fourth-order valence-corrected chi connectivity index (χ4v) is 3.49. The molecule has 2 aliphatic rings. The average molecular weight is 260 g/mol. The van der Waals surface area contributed by atoms with Gasteiger partial charge in [-0.3, -0.25) is 4.90 Å². The SMILES string of the molecule is N#Cc1cccc(CN2CC3CCC(O)C3C2)c1F. The number of aliphatic hydroxyl groups is 1. The molecule has 4 heteroatoms. The Balaban J connectivity index is 1.72. The topological polar surface area (TPSA) is 47.3 Å². The summed E-state index contributed by atoms with van der Waals surface area (Å²) >= 11 is 0. The minimum absolute atomic E-state index is 0.108. The quantitative estimate of drug-likeness (QED) is 0.883. The predicted molar refractivity (Wildman–Crippen MR) is 68.6 cm³/mol. The first-order valence-corrected chi connectivity index (χ1v) is 6.77. The fourth-order valence-electron chi connectivity index (χ4n) is 3.49. The second-order valence-electron chi connectivity index (χ2n) is 5.65. The molecule has 1 saturated carbocycles. The molecule has 1 aliphatic heterocycles. The van der Waals surface area contributed by atoms with Crippen molar-refractivity contribution in [1.82, 2.24) is 4.90 Å². The number of nitriles is 1.